The van der Waals surface area contributed by atoms with Crippen LogP contribution in [0.25, 0.3) is 17.0 Å². The molecule has 9 heteroatoms. The Labute approximate surface area is 189 Å². The predicted octanol–water partition coefficient (Wildman–Crippen LogP) is 5.33. The van der Waals surface area contributed by atoms with E-state index in [0.717, 1.165) is 49.2 Å². The highest BCUT2D eigenvalue weighted by Crippen LogP contribution is 2.31. The molecule has 4 rings (SSSR count). The lowest BCUT2D eigenvalue weighted by Crippen LogP contribution is -2.16. The third-order valence-corrected chi connectivity index (χ3v) is 6.18. The Bertz CT molecular complexity index is 1080. The topological polar surface area (TPSA) is 68.8 Å². The predicted molar refractivity (Wildman–Crippen MR) is 121 cm³/mol. The molecule has 1 N–H and O–H groups in total. The van der Waals surface area contributed by atoms with Crippen molar-refractivity contribution in [3.05, 3.63) is 75.4 Å². The van der Waals surface area contributed by atoms with Crippen molar-refractivity contribution in [1.29, 1.82) is 0 Å². The molecule has 0 amide bonds. The maximum absolute atomic E-state index is 5.97. The van der Waals surface area contributed by atoms with Crippen molar-refractivity contribution >= 4 is 43.6 Å². The summed E-state index contributed by atoms with van der Waals surface area (Å²) >= 11 is 8.66. The molecule has 0 aliphatic heterocycles. The smallest absolute Gasteiger partial charge is 0.214 e. The molecule has 2 heterocycles. The molecule has 0 saturated carbocycles. The molecular weight excluding hydrogens is 518 g/mol. The Hall–Kier alpha value is -1.94. The number of furan rings is 1. The first-order valence-electron chi connectivity index (χ1n) is 8.92. The van der Waals surface area contributed by atoms with Gasteiger partial charge in [-0.15, -0.1) is 5.10 Å². The molecule has 0 spiro atoms. The average Bonchev–Trinajstić information content (AvgIpc) is 3.38. The van der Waals surface area contributed by atoms with Gasteiger partial charge in [-0.05, 0) is 68.8 Å². The molecule has 148 valence electrons. The monoisotopic (exact) mass is 533 g/mol. The molecule has 6 nitrogen and oxygen atoms in total. The van der Waals surface area contributed by atoms with Crippen LogP contribution in [0.1, 0.15) is 5.76 Å². The first-order valence-corrected chi connectivity index (χ1v) is 11.5. The summed E-state index contributed by atoms with van der Waals surface area (Å²) in [4.78, 5) is 0. The van der Waals surface area contributed by atoms with Crippen LogP contribution in [0.15, 0.2) is 79.2 Å². The van der Waals surface area contributed by atoms with Gasteiger partial charge in [-0.3, -0.25) is 0 Å². The van der Waals surface area contributed by atoms with Gasteiger partial charge in [0.25, 0.3) is 0 Å². The van der Waals surface area contributed by atoms with Gasteiger partial charge in [-0.2, -0.15) is 4.68 Å². The molecule has 0 aliphatic carbocycles. The van der Waals surface area contributed by atoms with Crippen LogP contribution in [0.4, 0.5) is 0 Å². The van der Waals surface area contributed by atoms with Gasteiger partial charge in [0.05, 0.1) is 12.2 Å². The van der Waals surface area contributed by atoms with Crippen LogP contribution in [0.2, 0.25) is 0 Å². The number of rotatable bonds is 8. The maximum atomic E-state index is 5.97. The van der Waals surface area contributed by atoms with Crippen LogP contribution >= 0.6 is 43.6 Å². The highest BCUT2D eigenvalue weighted by Gasteiger charge is 2.10. The standard InChI is InChI=1S/C20H17Br2N5OS/c21-14-6-8-17(18(22)12-14)19-9-7-16(28-19)13-23-10-11-29-20-24-25-26-27(20)15-4-2-1-3-5-15/h1-9,12,23H,10-11,13H2. The lowest BCUT2D eigenvalue weighted by molar-refractivity contribution is 0.499. The fraction of sp³-hybridized carbons (Fsp3) is 0.150. The summed E-state index contributed by atoms with van der Waals surface area (Å²) in [5.74, 6) is 2.59. The number of hydrogen-bond donors (Lipinski definition) is 1. The van der Waals surface area contributed by atoms with Crippen molar-refractivity contribution in [3.63, 3.8) is 0 Å². The second-order valence-corrected chi connectivity index (χ2v) is 8.96. The van der Waals surface area contributed by atoms with Gasteiger partial charge in [0.15, 0.2) is 0 Å². The Morgan fingerprint density at radius 3 is 2.72 bits per heavy atom. The van der Waals surface area contributed by atoms with Crippen molar-refractivity contribution in [2.45, 2.75) is 11.7 Å². The summed E-state index contributed by atoms with van der Waals surface area (Å²) in [7, 11) is 0. The highest BCUT2D eigenvalue weighted by atomic mass is 79.9. The molecule has 0 aliphatic rings. The van der Waals surface area contributed by atoms with Crippen molar-refractivity contribution in [2.24, 2.45) is 0 Å². The van der Waals surface area contributed by atoms with E-state index in [1.54, 1.807) is 16.4 Å². The van der Waals surface area contributed by atoms with Crippen LogP contribution in [0.3, 0.4) is 0 Å². The van der Waals surface area contributed by atoms with E-state index < -0.39 is 0 Å². The minimum absolute atomic E-state index is 0.665. The first-order chi connectivity index (χ1) is 14.2. The van der Waals surface area contributed by atoms with Gasteiger partial charge in [-0.25, -0.2) is 0 Å². The van der Waals surface area contributed by atoms with Crippen molar-refractivity contribution in [3.8, 4) is 17.0 Å². The van der Waals surface area contributed by atoms with Gasteiger partial charge < -0.3 is 9.73 Å². The third-order valence-electron chi connectivity index (χ3n) is 4.11. The molecule has 0 unspecified atom stereocenters. The minimum atomic E-state index is 0.665. The second-order valence-electron chi connectivity index (χ2n) is 6.12. The van der Waals surface area contributed by atoms with Crippen molar-refractivity contribution < 1.29 is 4.42 Å². The number of hydrogen-bond acceptors (Lipinski definition) is 6. The van der Waals surface area contributed by atoms with Crippen LogP contribution in [0, 0.1) is 0 Å². The molecule has 4 aromatic rings. The molecule has 0 atom stereocenters. The fourth-order valence-corrected chi connectivity index (χ4v) is 4.76. The zero-order valence-corrected chi connectivity index (χ0v) is 19.2. The van der Waals surface area contributed by atoms with E-state index >= 15 is 0 Å². The number of thioether (sulfide) groups is 1. The third kappa shape index (κ3) is 5.16. The average molecular weight is 535 g/mol. The van der Waals surface area contributed by atoms with Gasteiger partial charge in [-0.1, -0.05) is 45.9 Å². The van der Waals surface area contributed by atoms with Crippen LogP contribution in [0.5, 0.6) is 0 Å². The molecule has 0 fully saturated rings. The van der Waals surface area contributed by atoms with Gasteiger partial charge in [0.1, 0.15) is 11.5 Å². The highest BCUT2D eigenvalue weighted by molar-refractivity contribution is 9.11. The number of nitrogens with zero attached hydrogens (tertiary/aromatic N) is 4. The Balaban J connectivity index is 1.27. The number of benzene rings is 2. The lowest BCUT2D eigenvalue weighted by atomic mass is 10.2. The van der Waals surface area contributed by atoms with E-state index in [4.69, 9.17) is 4.42 Å². The minimum Gasteiger partial charge on any atom is -0.460 e. The van der Waals surface area contributed by atoms with E-state index in [2.05, 4.69) is 52.7 Å². The molecule has 0 saturated heterocycles. The van der Waals surface area contributed by atoms with E-state index in [0.29, 0.717) is 6.54 Å². The number of halogens is 2. The zero-order chi connectivity index (χ0) is 20.1. The van der Waals surface area contributed by atoms with Crippen molar-refractivity contribution in [1.82, 2.24) is 25.5 Å². The Kier molecular flexibility index (Phi) is 6.81. The summed E-state index contributed by atoms with van der Waals surface area (Å²) in [6, 6.07) is 19.9. The molecule has 2 aromatic carbocycles. The SMILES string of the molecule is Brc1ccc(-c2ccc(CNCCSc3nnnn3-c3ccccc3)o2)c(Br)c1. The number of tetrazole rings is 1. The van der Waals surface area contributed by atoms with E-state index in [1.165, 1.54) is 0 Å². The molecule has 29 heavy (non-hydrogen) atoms. The molecule has 0 radical (unpaired) electrons. The van der Waals surface area contributed by atoms with Crippen LogP contribution in [-0.4, -0.2) is 32.5 Å². The molecule has 2 aromatic heterocycles. The first kappa shape index (κ1) is 20.3. The fourth-order valence-electron chi connectivity index (χ4n) is 2.73. The summed E-state index contributed by atoms with van der Waals surface area (Å²) < 4.78 is 9.74. The summed E-state index contributed by atoms with van der Waals surface area (Å²) in [5, 5.41) is 16.1. The number of para-hydroxylation sites is 1. The summed E-state index contributed by atoms with van der Waals surface area (Å²) in [5.41, 5.74) is 1.98. The Morgan fingerprint density at radius 1 is 1.03 bits per heavy atom. The van der Waals surface area contributed by atoms with Crippen LogP contribution in [-0.2, 0) is 6.54 Å². The molecular formula is C20H17Br2N5OS. The van der Waals surface area contributed by atoms with E-state index in [9.17, 15) is 0 Å². The van der Waals surface area contributed by atoms with Crippen molar-refractivity contribution in [2.75, 3.05) is 12.3 Å². The zero-order valence-electron chi connectivity index (χ0n) is 15.3. The number of aromatic nitrogens is 4. The normalized spacial score (nSPS) is 11.1. The maximum Gasteiger partial charge on any atom is 0.214 e. The lowest BCUT2D eigenvalue weighted by Gasteiger charge is -2.05. The van der Waals surface area contributed by atoms with Gasteiger partial charge >= 0.3 is 0 Å². The largest absolute Gasteiger partial charge is 0.460 e. The summed E-state index contributed by atoms with van der Waals surface area (Å²) in [6.45, 7) is 1.47. The number of nitrogens with one attached hydrogen (secondary N) is 1. The summed E-state index contributed by atoms with van der Waals surface area (Å²) in [6.07, 6.45) is 0. The molecule has 0 bridgehead atoms. The second kappa shape index (κ2) is 9.71. The van der Waals surface area contributed by atoms with Gasteiger partial charge in [0, 0.05) is 26.8 Å². The van der Waals surface area contributed by atoms with E-state index in [-0.39, 0.29) is 0 Å². The van der Waals surface area contributed by atoms with E-state index in [1.807, 2.05) is 60.7 Å². The van der Waals surface area contributed by atoms with Gasteiger partial charge in [0.2, 0.25) is 5.16 Å². The Morgan fingerprint density at radius 2 is 1.90 bits per heavy atom. The quantitative estimate of drug-likeness (QED) is 0.243. The van der Waals surface area contributed by atoms with Crippen LogP contribution < -0.4 is 5.32 Å².